The number of halogens is 4. The van der Waals surface area contributed by atoms with Gasteiger partial charge in [-0.25, -0.2) is 9.97 Å². The molecule has 0 saturated carbocycles. The van der Waals surface area contributed by atoms with Gasteiger partial charge in [0.1, 0.15) is 0 Å². The van der Waals surface area contributed by atoms with Gasteiger partial charge in [0.05, 0.1) is 49.2 Å². The van der Waals surface area contributed by atoms with Crippen LogP contribution in [0.4, 0.5) is 24.7 Å². The van der Waals surface area contributed by atoms with Crippen LogP contribution in [0.15, 0.2) is 43.0 Å². The summed E-state index contributed by atoms with van der Waals surface area (Å²) in [4.78, 5) is 32.9. The molecule has 0 spiro atoms. The highest BCUT2D eigenvalue weighted by molar-refractivity contribution is 6.34. The molecule has 206 valence electrons. The Morgan fingerprint density at radius 3 is 2.56 bits per heavy atom. The number of carbonyl (C=O) groups excluding carboxylic acids is 2. The summed E-state index contributed by atoms with van der Waals surface area (Å²) >= 11 is 6.35. The number of nitrogens with zero attached hydrogens (tertiary/aromatic N) is 5. The third-order valence-corrected chi connectivity index (χ3v) is 5.75. The lowest BCUT2D eigenvalue weighted by Gasteiger charge is -2.22. The van der Waals surface area contributed by atoms with Crippen molar-refractivity contribution in [2.24, 2.45) is 0 Å². The molecule has 0 saturated heterocycles. The van der Waals surface area contributed by atoms with E-state index in [1.807, 2.05) is 21.1 Å². The molecule has 0 bridgehead atoms. The second kappa shape index (κ2) is 10.9. The molecule has 4 aromatic rings. The predicted molar refractivity (Wildman–Crippen MR) is 139 cm³/mol. The van der Waals surface area contributed by atoms with Crippen molar-refractivity contribution in [2.45, 2.75) is 6.18 Å². The average molecular weight is 565 g/mol. The van der Waals surface area contributed by atoms with E-state index in [0.717, 1.165) is 6.20 Å². The molecule has 0 atom stereocenters. The van der Waals surface area contributed by atoms with Crippen molar-refractivity contribution in [3.63, 3.8) is 0 Å². The van der Waals surface area contributed by atoms with Crippen molar-refractivity contribution in [3.8, 4) is 11.3 Å². The molecule has 4 rings (SSSR count). The maximum atomic E-state index is 13.3. The molecule has 3 heterocycles. The number of imidazole rings is 1. The number of quaternary nitrogens is 1. The standard InChI is InChI=1S/C24H25ClF3N9O2/c1-37(2,3)13-19(38)29-6-7-31-23(39)15-5-4-14(10-17(15)25)34-21-22-32-12-18(36(22)9-8-30-21)16-11-33-35-20(16)24(26,27)28/h4-5,8-12H,6-7,13H2,1-3H3,(H3-,29,30,31,33,34,35,38,39)/p+1. The number of alkyl halides is 3. The van der Waals surface area contributed by atoms with Gasteiger partial charge in [0.15, 0.2) is 23.7 Å². The van der Waals surface area contributed by atoms with Crippen LogP contribution in [0.5, 0.6) is 0 Å². The van der Waals surface area contributed by atoms with Crippen LogP contribution in [-0.4, -0.2) is 81.6 Å². The second-order valence-electron chi connectivity index (χ2n) is 9.63. The number of aromatic amines is 1. The van der Waals surface area contributed by atoms with Gasteiger partial charge in [-0.05, 0) is 18.2 Å². The van der Waals surface area contributed by atoms with E-state index in [2.05, 4.69) is 36.1 Å². The number of hydrogen-bond acceptors (Lipinski definition) is 6. The zero-order chi connectivity index (χ0) is 28.4. The van der Waals surface area contributed by atoms with Gasteiger partial charge >= 0.3 is 6.18 Å². The van der Waals surface area contributed by atoms with Crippen molar-refractivity contribution < 1.29 is 27.2 Å². The zero-order valence-electron chi connectivity index (χ0n) is 21.2. The molecule has 1 aromatic carbocycles. The summed E-state index contributed by atoms with van der Waals surface area (Å²) in [6.07, 6.45) is 0.714. The summed E-state index contributed by atoms with van der Waals surface area (Å²) in [5.41, 5.74) is -0.0500. The van der Waals surface area contributed by atoms with Crippen LogP contribution < -0.4 is 16.0 Å². The lowest BCUT2D eigenvalue weighted by Crippen LogP contribution is -2.45. The number of nitrogens with one attached hydrogen (secondary N) is 4. The Morgan fingerprint density at radius 2 is 1.87 bits per heavy atom. The van der Waals surface area contributed by atoms with Crippen LogP contribution in [0.3, 0.4) is 0 Å². The van der Waals surface area contributed by atoms with E-state index in [4.69, 9.17) is 11.6 Å². The van der Waals surface area contributed by atoms with Crippen LogP contribution >= 0.6 is 11.6 Å². The lowest BCUT2D eigenvalue weighted by atomic mass is 10.2. The van der Waals surface area contributed by atoms with E-state index in [1.165, 1.54) is 35.1 Å². The van der Waals surface area contributed by atoms with Crippen molar-refractivity contribution in [2.75, 3.05) is 46.1 Å². The van der Waals surface area contributed by atoms with Gasteiger partial charge in [-0.15, -0.1) is 0 Å². The fraction of sp³-hybridized carbons (Fsp3) is 0.292. The minimum atomic E-state index is -4.64. The number of aromatic nitrogens is 5. The van der Waals surface area contributed by atoms with E-state index in [9.17, 15) is 22.8 Å². The molecular formula is C24H26ClF3N9O2+. The zero-order valence-corrected chi connectivity index (χ0v) is 22.0. The number of fused-ring (bicyclic) bond motifs is 1. The third-order valence-electron chi connectivity index (χ3n) is 5.44. The first kappa shape index (κ1) is 27.9. The molecule has 0 unspecified atom stereocenters. The highest BCUT2D eigenvalue weighted by atomic mass is 35.5. The molecule has 2 amide bonds. The van der Waals surface area contributed by atoms with Crippen LogP contribution in [0.25, 0.3) is 16.9 Å². The van der Waals surface area contributed by atoms with Gasteiger partial charge in [-0.3, -0.25) is 19.1 Å². The topological polar surface area (TPSA) is 129 Å². The second-order valence-corrected chi connectivity index (χ2v) is 10.0. The predicted octanol–water partition coefficient (Wildman–Crippen LogP) is 3.09. The summed E-state index contributed by atoms with van der Waals surface area (Å²) in [5, 5.41) is 14.2. The van der Waals surface area contributed by atoms with E-state index in [1.54, 1.807) is 6.07 Å². The fourth-order valence-corrected chi connectivity index (χ4v) is 4.05. The molecule has 3 aromatic heterocycles. The minimum absolute atomic E-state index is 0.121. The summed E-state index contributed by atoms with van der Waals surface area (Å²) < 4.78 is 42.0. The summed E-state index contributed by atoms with van der Waals surface area (Å²) in [6, 6.07) is 4.65. The van der Waals surface area contributed by atoms with Crippen LogP contribution in [0, 0.1) is 0 Å². The van der Waals surface area contributed by atoms with Crippen molar-refractivity contribution in [1.29, 1.82) is 0 Å². The van der Waals surface area contributed by atoms with E-state index in [-0.39, 0.29) is 52.3 Å². The Balaban J connectivity index is 1.44. The molecule has 39 heavy (non-hydrogen) atoms. The maximum Gasteiger partial charge on any atom is 0.435 e. The van der Waals surface area contributed by atoms with Gasteiger partial charge in [0, 0.05) is 37.4 Å². The number of H-pyrrole nitrogens is 1. The monoisotopic (exact) mass is 564 g/mol. The van der Waals surface area contributed by atoms with Gasteiger partial charge in [0.2, 0.25) is 0 Å². The molecule has 15 heteroatoms. The normalized spacial score (nSPS) is 12.0. The van der Waals surface area contributed by atoms with Gasteiger partial charge in [-0.1, -0.05) is 11.6 Å². The first-order valence-electron chi connectivity index (χ1n) is 11.7. The van der Waals surface area contributed by atoms with Crippen LogP contribution in [0.1, 0.15) is 16.1 Å². The molecule has 0 aliphatic carbocycles. The molecule has 0 aliphatic rings. The highest BCUT2D eigenvalue weighted by Crippen LogP contribution is 2.36. The summed E-state index contributed by atoms with van der Waals surface area (Å²) in [6.45, 7) is 0.806. The van der Waals surface area contributed by atoms with Crippen LogP contribution in [0.2, 0.25) is 5.02 Å². The smallest absolute Gasteiger partial charge is 0.350 e. The lowest BCUT2D eigenvalue weighted by molar-refractivity contribution is -0.862. The number of carbonyl (C=O) groups is 2. The van der Waals surface area contributed by atoms with Gasteiger partial charge < -0.3 is 20.4 Å². The number of amides is 2. The Hall–Kier alpha value is -4.17. The van der Waals surface area contributed by atoms with Gasteiger partial charge in [0.25, 0.3) is 11.8 Å². The third kappa shape index (κ3) is 6.64. The first-order valence-corrected chi connectivity index (χ1v) is 12.1. The molecular weight excluding hydrogens is 539 g/mol. The fourth-order valence-electron chi connectivity index (χ4n) is 3.78. The molecule has 0 fully saturated rings. The number of rotatable bonds is 9. The summed E-state index contributed by atoms with van der Waals surface area (Å²) in [5.74, 6) is -0.270. The number of benzene rings is 1. The van der Waals surface area contributed by atoms with Crippen molar-refractivity contribution in [1.82, 2.24) is 35.2 Å². The quantitative estimate of drug-likeness (QED) is 0.183. The van der Waals surface area contributed by atoms with Crippen molar-refractivity contribution in [3.05, 3.63) is 59.3 Å². The Bertz CT molecular complexity index is 1510. The van der Waals surface area contributed by atoms with E-state index < -0.39 is 17.8 Å². The largest absolute Gasteiger partial charge is 0.435 e. The highest BCUT2D eigenvalue weighted by Gasteiger charge is 2.37. The molecule has 11 nitrogen and oxygen atoms in total. The Kier molecular flexibility index (Phi) is 7.79. The van der Waals surface area contributed by atoms with Gasteiger partial charge in [-0.2, -0.15) is 18.3 Å². The SMILES string of the molecule is C[N+](C)(C)CC(=O)NCCNC(=O)c1ccc(Nc2nccn3c(-c4c[nH]nc4C(F)(F)F)cnc23)cc1Cl. The minimum Gasteiger partial charge on any atom is -0.350 e. The van der Waals surface area contributed by atoms with Crippen LogP contribution in [-0.2, 0) is 11.0 Å². The van der Waals surface area contributed by atoms with E-state index >= 15 is 0 Å². The maximum absolute atomic E-state index is 13.3. The Morgan fingerprint density at radius 1 is 1.13 bits per heavy atom. The summed E-state index contributed by atoms with van der Waals surface area (Å²) in [7, 11) is 5.71. The average Bonchev–Trinajstić information content (AvgIpc) is 3.48. The molecule has 4 N–H and O–H groups in total. The number of hydrogen-bond donors (Lipinski definition) is 4. The first-order chi connectivity index (χ1) is 18.3. The molecule has 0 radical (unpaired) electrons. The molecule has 0 aliphatic heterocycles. The number of anilines is 2. The Labute approximate surface area is 226 Å². The number of likely N-dealkylation sites (N-methyl/N-ethyl adjacent to an activating group) is 1. The van der Waals surface area contributed by atoms with Crippen molar-refractivity contribution >= 4 is 40.6 Å². The van der Waals surface area contributed by atoms with E-state index in [0.29, 0.717) is 16.7 Å².